The molecule has 2 nitrogen and oxygen atoms in total. The van der Waals surface area contributed by atoms with Crippen LogP contribution in [0, 0.1) is 13.8 Å². The van der Waals surface area contributed by atoms with Crippen LogP contribution in [0.1, 0.15) is 30.0 Å². The van der Waals surface area contributed by atoms with Crippen molar-refractivity contribution < 1.29 is 4.84 Å². The van der Waals surface area contributed by atoms with E-state index >= 15 is 0 Å². The maximum Gasteiger partial charge on any atom is 0.149 e. The van der Waals surface area contributed by atoms with Gasteiger partial charge in [-0.15, -0.1) is 11.6 Å². The molecule has 3 heteroatoms. The first-order valence-electron chi connectivity index (χ1n) is 5.51. The maximum atomic E-state index is 6.00. The molecule has 0 radical (unpaired) electrons. The largest absolute Gasteiger partial charge is 0.390 e. The summed E-state index contributed by atoms with van der Waals surface area (Å²) >= 11 is 6.00. The zero-order valence-corrected chi connectivity index (χ0v) is 10.6. The molecule has 2 atom stereocenters. The molecule has 0 bridgehead atoms. The second kappa shape index (κ2) is 4.46. The molecule has 0 spiro atoms. The van der Waals surface area contributed by atoms with Crippen molar-refractivity contribution in [2.24, 2.45) is 5.16 Å². The van der Waals surface area contributed by atoms with Gasteiger partial charge in [-0.05, 0) is 26.3 Å². The van der Waals surface area contributed by atoms with E-state index in [1.807, 2.05) is 6.92 Å². The summed E-state index contributed by atoms with van der Waals surface area (Å²) in [6.07, 6.45) is 0.811. The predicted molar refractivity (Wildman–Crippen MR) is 67.3 cm³/mol. The molecule has 86 valence electrons. The van der Waals surface area contributed by atoms with Gasteiger partial charge < -0.3 is 4.84 Å². The van der Waals surface area contributed by atoms with Crippen LogP contribution in [-0.2, 0) is 4.84 Å². The van der Waals surface area contributed by atoms with E-state index in [4.69, 9.17) is 16.4 Å². The van der Waals surface area contributed by atoms with Crippen LogP contribution >= 0.6 is 11.6 Å². The molecule has 0 saturated heterocycles. The van der Waals surface area contributed by atoms with Crippen LogP contribution in [0.5, 0.6) is 0 Å². The Balaban J connectivity index is 2.20. The van der Waals surface area contributed by atoms with E-state index in [9.17, 15) is 0 Å². The summed E-state index contributed by atoms with van der Waals surface area (Å²) in [6, 6.07) is 6.43. The molecule has 16 heavy (non-hydrogen) atoms. The van der Waals surface area contributed by atoms with Crippen molar-refractivity contribution in [2.45, 2.75) is 38.7 Å². The Bertz CT molecular complexity index is 406. The number of benzene rings is 1. The van der Waals surface area contributed by atoms with Gasteiger partial charge in [0.05, 0.1) is 11.1 Å². The molecule has 1 heterocycles. The SMILES string of the molecule is Cc1cc(C)cc(C2=NOC(C(C)Cl)C2)c1. The monoisotopic (exact) mass is 237 g/mol. The van der Waals surface area contributed by atoms with Crippen LogP contribution < -0.4 is 0 Å². The lowest BCUT2D eigenvalue weighted by atomic mass is 10.00. The molecule has 0 amide bonds. The fraction of sp³-hybridized carbons (Fsp3) is 0.462. The highest BCUT2D eigenvalue weighted by molar-refractivity contribution is 6.21. The first kappa shape index (κ1) is 11.5. The van der Waals surface area contributed by atoms with Crippen molar-refractivity contribution in [3.05, 3.63) is 34.9 Å². The van der Waals surface area contributed by atoms with E-state index in [-0.39, 0.29) is 11.5 Å². The van der Waals surface area contributed by atoms with Crippen molar-refractivity contribution in [3.63, 3.8) is 0 Å². The van der Waals surface area contributed by atoms with Gasteiger partial charge in [-0.25, -0.2) is 0 Å². The Morgan fingerprint density at radius 1 is 1.31 bits per heavy atom. The molecule has 1 aliphatic heterocycles. The third-order valence-electron chi connectivity index (χ3n) is 2.76. The number of aryl methyl sites for hydroxylation is 2. The van der Waals surface area contributed by atoms with Gasteiger partial charge in [0.1, 0.15) is 6.10 Å². The number of hydrogen-bond donors (Lipinski definition) is 0. The zero-order valence-electron chi connectivity index (χ0n) is 9.83. The molecular weight excluding hydrogens is 222 g/mol. The minimum absolute atomic E-state index is 0.00726. The van der Waals surface area contributed by atoms with E-state index in [0.29, 0.717) is 0 Å². The van der Waals surface area contributed by atoms with E-state index in [1.54, 1.807) is 0 Å². The Morgan fingerprint density at radius 2 is 1.94 bits per heavy atom. The van der Waals surface area contributed by atoms with Crippen LogP contribution in [0.3, 0.4) is 0 Å². The van der Waals surface area contributed by atoms with Crippen LogP contribution in [0.25, 0.3) is 0 Å². The summed E-state index contributed by atoms with van der Waals surface area (Å²) in [5.41, 5.74) is 4.65. The van der Waals surface area contributed by atoms with Crippen LogP contribution in [0.15, 0.2) is 23.4 Å². The Kier molecular flexibility index (Phi) is 3.20. The minimum Gasteiger partial charge on any atom is -0.390 e. The number of hydrogen-bond acceptors (Lipinski definition) is 2. The Morgan fingerprint density at radius 3 is 2.44 bits per heavy atom. The maximum absolute atomic E-state index is 6.00. The van der Waals surface area contributed by atoms with Crippen molar-refractivity contribution in [1.29, 1.82) is 0 Å². The number of alkyl halides is 1. The number of rotatable bonds is 2. The number of nitrogens with zero attached hydrogens (tertiary/aromatic N) is 1. The lowest BCUT2D eigenvalue weighted by molar-refractivity contribution is 0.0855. The average molecular weight is 238 g/mol. The summed E-state index contributed by atoms with van der Waals surface area (Å²) < 4.78 is 0. The summed E-state index contributed by atoms with van der Waals surface area (Å²) in [5, 5.41) is 4.12. The first-order chi connectivity index (χ1) is 7.56. The smallest absolute Gasteiger partial charge is 0.149 e. The fourth-order valence-corrected chi connectivity index (χ4v) is 2.09. The molecule has 2 rings (SSSR count). The summed E-state index contributed by atoms with van der Waals surface area (Å²) in [6.45, 7) is 6.12. The molecule has 2 unspecified atom stereocenters. The van der Waals surface area contributed by atoms with Crippen molar-refractivity contribution in [1.82, 2.24) is 0 Å². The average Bonchev–Trinajstić information content (AvgIpc) is 2.64. The summed E-state index contributed by atoms with van der Waals surface area (Å²) in [7, 11) is 0. The Labute approximate surface area is 101 Å². The third-order valence-corrected chi connectivity index (χ3v) is 3.04. The molecule has 0 N–H and O–H groups in total. The lowest BCUT2D eigenvalue weighted by Crippen LogP contribution is -2.18. The molecule has 1 aromatic carbocycles. The van der Waals surface area contributed by atoms with Crippen molar-refractivity contribution in [3.8, 4) is 0 Å². The van der Waals surface area contributed by atoms with E-state index in [1.165, 1.54) is 11.1 Å². The quantitative estimate of drug-likeness (QED) is 0.723. The van der Waals surface area contributed by atoms with Crippen LogP contribution in [0.4, 0.5) is 0 Å². The summed E-state index contributed by atoms with van der Waals surface area (Å²) in [5.74, 6) is 0. The standard InChI is InChI=1S/C13H16ClNO/c1-8-4-9(2)6-11(5-8)12-7-13(10(3)14)16-15-12/h4-6,10,13H,7H2,1-3H3. The van der Waals surface area contributed by atoms with Gasteiger partial charge in [0, 0.05) is 6.42 Å². The van der Waals surface area contributed by atoms with Gasteiger partial charge in [-0.1, -0.05) is 34.5 Å². The third kappa shape index (κ3) is 2.38. The lowest BCUT2D eigenvalue weighted by Gasteiger charge is -2.09. The highest BCUT2D eigenvalue weighted by Gasteiger charge is 2.26. The van der Waals surface area contributed by atoms with Gasteiger partial charge in [0.15, 0.2) is 0 Å². The highest BCUT2D eigenvalue weighted by Crippen LogP contribution is 2.22. The second-order valence-corrected chi connectivity index (χ2v) is 5.13. The van der Waals surface area contributed by atoms with Crippen LogP contribution in [0.2, 0.25) is 0 Å². The highest BCUT2D eigenvalue weighted by atomic mass is 35.5. The predicted octanol–water partition coefficient (Wildman–Crippen LogP) is 3.42. The van der Waals surface area contributed by atoms with E-state index in [0.717, 1.165) is 17.7 Å². The van der Waals surface area contributed by atoms with Gasteiger partial charge >= 0.3 is 0 Å². The fourth-order valence-electron chi connectivity index (χ4n) is 1.95. The molecule has 1 aromatic rings. The molecule has 0 fully saturated rings. The van der Waals surface area contributed by atoms with E-state index < -0.39 is 0 Å². The van der Waals surface area contributed by atoms with Gasteiger partial charge in [0.25, 0.3) is 0 Å². The topological polar surface area (TPSA) is 21.6 Å². The van der Waals surface area contributed by atoms with Gasteiger partial charge in [-0.2, -0.15) is 0 Å². The number of oxime groups is 1. The van der Waals surface area contributed by atoms with Gasteiger partial charge in [0.2, 0.25) is 0 Å². The molecule has 0 aliphatic carbocycles. The normalized spacial score (nSPS) is 21.5. The van der Waals surface area contributed by atoms with Gasteiger partial charge in [-0.3, -0.25) is 0 Å². The van der Waals surface area contributed by atoms with Crippen molar-refractivity contribution in [2.75, 3.05) is 0 Å². The zero-order chi connectivity index (χ0) is 11.7. The minimum atomic E-state index is -0.00726. The van der Waals surface area contributed by atoms with E-state index in [2.05, 4.69) is 37.2 Å². The summed E-state index contributed by atoms with van der Waals surface area (Å²) in [4.78, 5) is 5.32. The number of halogens is 1. The second-order valence-electron chi connectivity index (χ2n) is 4.44. The molecule has 0 aromatic heterocycles. The van der Waals surface area contributed by atoms with Crippen LogP contribution in [-0.4, -0.2) is 17.2 Å². The Hall–Kier alpha value is -1.02. The molecular formula is C13H16ClNO. The molecule has 0 saturated carbocycles. The van der Waals surface area contributed by atoms with Crippen molar-refractivity contribution >= 4 is 17.3 Å². The molecule has 1 aliphatic rings. The first-order valence-corrected chi connectivity index (χ1v) is 5.95.